The fourth-order valence-electron chi connectivity index (χ4n) is 2.57. The van der Waals surface area contributed by atoms with Gasteiger partial charge >= 0.3 is 0 Å². The molecule has 1 aliphatic rings. The number of anilines is 1. The van der Waals surface area contributed by atoms with Gasteiger partial charge in [-0.25, -0.2) is 0 Å². The fourth-order valence-corrected chi connectivity index (χ4v) is 3.98. The second kappa shape index (κ2) is 6.93. The number of nitrogens with zero attached hydrogens (tertiary/aromatic N) is 5. The van der Waals surface area contributed by atoms with Gasteiger partial charge in [0, 0.05) is 23.5 Å². The van der Waals surface area contributed by atoms with Crippen molar-refractivity contribution < 1.29 is 4.79 Å². The first-order valence-electron chi connectivity index (χ1n) is 7.96. The molecule has 1 fully saturated rings. The van der Waals surface area contributed by atoms with E-state index < -0.39 is 0 Å². The van der Waals surface area contributed by atoms with Crippen molar-refractivity contribution in [1.82, 2.24) is 24.4 Å². The summed E-state index contributed by atoms with van der Waals surface area (Å²) in [6.07, 6.45) is 5.06. The van der Waals surface area contributed by atoms with Crippen molar-refractivity contribution in [2.24, 2.45) is 7.05 Å². The highest BCUT2D eigenvalue weighted by molar-refractivity contribution is 7.99. The van der Waals surface area contributed by atoms with Crippen LogP contribution in [0.25, 0.3) is 0 Å². The Morgan fingerprint density at radius 2 is 2.08 bits per heavy atom. The molecule has 0 atom stereocenters. The molecule has 4 rings (SSSR count). The Morgan fingerprint density at radius 1 is 1.28 bits per heavy atom. The summed E-state index contributed by atoms with van der Waals surface area (Å²) in [6, 6.07) is 7.67. The third-order valence-corrected chi connectivity index (χ3v) is 6.00. The van der Waals surface area contributed by atoms with Crippen molar-refractivity contribution in [2.75, 3.05) is 5.32 Å². The smallest absolute Gasteiger partial charge is 0.269 e. The molecule has 0 aliphatic heterocycles. The second-order valence-electron chi connectivity index (χ2n) is 5.92. The van der Waals surface area contributed by atoms with Gasteiger partial charge in [-0.05, 0) is 60.4 Å². The summed E-state index contributed by atoms with van der Waals surface area (Å²) in [7, 11) is 1.90. The van der Waals surface area contributed by atoms with Crippen LogP contribution in [-0.4, -0.2) is 30.3 Å². The highest BCUT2D eigenvalue weighted by Gasteiger charge is 2.28. The lowest BCUT2D eigenvalue weighted by molar-refractivity contribution is 0.102. The first-order chi connectivity index (χ1) is 12.2. The molecule has 1 saturated carbocycles. The topological polar surface area (TPSA) is 85.6 Å². The number of nitrogens with one attached hydrogen (secondary N) is 1. The van der Waals surface area contributed by atoms with Crippen LogP contribution in [0.15, 0.2) is 40.6 Å². The highest BCUT2D eigenvalue weighted by atomic mass is 32.2. The average molecular weight is 372 g/mol. The van der Waals surface area contributed by atoms with E-state index in [1.807, 2.05) is 35.9 Å². The van der Waals surface area contributed by atoms with Crippen LogP contribution in [0.2, 0.25) is 0 Å². The van der Waals surface area contributed by atoms with E-state index in [2.05, 4.69) is 25.1 Å². The largest absolute Gasteiger partial charge is 0.321 e. The molecular weight excluding hydrogens is 356 g/mol. The molecule has 7 nitrogen and oxygen atoms in total. The van der Waals surface area contributed by atoms with Gasteiger partial charge in [-0.2, -0.15) is 0 Å². The van der Waals surface area contributed by atoms with Gasteiger partial charge in [0.2, 0.25) is 0 Å². The molecule has 9 heteroatoms. The molecule has 3 aromatic rings. The highest BCUT2D eigenvalue weighted by Crippen LogP contribution is 2.37. The van der Waals surface area contributed by atoms with Crippen LogP contribution in [0.1, 0.15) is 40.5 Å². The molecule has 2 aromatic heterocycles. The van der Waals surface area contributed by atoms with E-state index in [9.17, 15) is 4.79 Å². The van der Waals surface area contributed by atoms with Gasteiger partial charge in [-0.15, -0.1) is 15.3 Å². The molecule has 1 amide bonds. The zero-order chi connectivity index (χ0) is 17.2. The van der Waals surface area contributed by atoms with Crippen LogP contribution >= 0.6 is 23.3 Å². The zero-order valence-corrected chi connectivity index (χ0v) is 15.2. The Kier molecular flexibility index (Phi) is 4.50. The monoisotopic (exact) mass is 372 g/mol. The Labute approximate surface area is 153 Å². The van der Waals surface area contributed by atoms with E-state index in [0.717, 1.165) is 34.3 Å². The Bertz CT molecular complexity index is 884. The maximum Gasteiger partial charge on any atom is 0.269 e. The normalized spacial score (nSPS) is 14.3. The van der Waals surface area contributed by atoms with Crippen molar-refractivity contribution in [2.45, 2.75) is 35.2 Å². The summed E-state index contributed by atoms with van der Waals surface area (Å²) in [6.45, 7) is 0. The lowest BCUT2D eigenvalue weighted by Gasteiger charge is -2.23. The first-order valence-corrected chi connectivity index (χ1v) is 9.55. The van der Waals surface area contributed by atoms with Crippen LogP contribution in [0, 0.1) is 0 Å². The third-order valence-electron chi connectivity index (χ3n) is 4.20. The summed E-state index contributed by atoms with van der Waals surface area (Å²) >= 11 is 2.69. The molecule has 25 heavy (non-hydrogen) atoms. The third kappa shape index (κ3) is 3.42. The van der Waals surface area contributed by atoms with Crippen molar-refractivity contribution in [3.05, 3.63) is 41.2 Å². The van der Waals surface area contributed by atoms with E-state index in [1.54, 1.807) is 6.33 Å². The number of benzene rings is 1. The molecule has 0 unspecified atom stereocenters. The number of carbonyl (C=O) groups is 1. The van der Waals surface area contributed by atoms with Crippen molar-refractivity contribution in [3.63, 3.8) is 0 Å². The number of hydrogen-bond donors (Lipinski definition) is 1. The number of rotatable bonds is 5. The summed E-state index contributed by atoms with van der Waals surface area (Å²) < 4.78 is 5.82. The van der Waals surface area contributed by atoms with Crippen LogP contribution in [0.4, 0.5) is 5.69 Å². The molecular formula is C16H16N6OS2. The molecule has 128 valence electrons. The van der Waals surface area contributed by atoms with Gasteiger partial charge in [0.05, 0.1) is 5.69 Å². The molecule has 0 radical (unpaired) electrons. The quantitative estimate of drug-likeness (QED) is 0.739. The van der Waals surface area contributed by atoms with Crippen LogP contribution in [0.5, 0.6) is 0 Å². The summed E-state index contributed by atoms with van der Waals surface area (Å²) in [5.74, 6) is 0.260. The van der Waals surface area contributed by atoms with Crippen molar-refractivity contribution >= 4 is 34.9 Å². The maximum absolute atomic E-state index is 12.5. The fraction of sp³-hybridized carbons (Fsp3) is 0.312. The maximum atomic E-state index is 12.5. The van der Waals surface area contributed by atoms with E-state index in [0.29, 0.717) is 10.8 Å². The molecule has 0 spiro atoms. The van der Waals surface area contributed by atoms with Crippen molar-refractivity contribution in [1.29, 1.82) is 0 Å². The molecule has 1 aromatic carbocycles. The lowest BCUT2D eigenvalue weighted by Crippen LogP contribution is -2.17. The minimum atomic E-state index is -0.134. The number of aromatic nitrogens is 5. The Morgan fingerprint density at radius 3 is 2.72 bits per heavy atom. The number of hydrogen-bond acceptors (Lipinski definition) is 7. The SMILES string of the molecule is Cn1cnnc1Sc1ccc(NC(=O)c2snnc2C2CCC2)cc1. The Balaban J connectivity index is 1.43. The van der Waals surface area contributed by atoms with E-state index in [4.69, 9.17) is 0 Å². The molecule has 1 N–H and O–H groups in total. The zero-order valence-electron chi connectivity index (χ0n) is 13.5. The number of amides is 1. The predicted molar refractivity (Wildman–Crippen MR) is 96.0 cm³/mol. The van der Waals surface area contributed by atoms with Crippen LogP contribution in [-0.2, 0) is 7.05 Å². The van der Waals surface area contributed by atoms with Gasteiger partial charge in [0.25, 0.3) is 5.91 Å². The molecule has 1 aliphatic carbocycles. The van der Waals surface area contributed by atoms with E-state index in [1.165, 1.54) is 29.7 Å². The standard InChI is InChI=1S/C16H16N6OS2/c1-22-9-17-20-16(22)24-12-7-5-11(6-8-12)18-15(23)14-13(19-21-25-14)10-3-2-4-10/h5-10H,2-4H2,1H3,(H,18,23). The van der Waals surface area contributed by atoms with E-state index >= 15 is 0 Å². The number of aryl methyl sites for hydroxylation is 1. The Hall–Kier alpha value is -2.26. The van der Waals surface area contributed by atoms with Gasteiger partial charge in [-0.1, -0.05) is 10.9 Å². The van der Waals surface area contributed by atoms with Gasteiger partial charge < -0.3 is 9.88 Å². The average Bonchev–Trinajstić information content (AvgIpc) is 3.18. The predicted octanol–water partition coefficient (Wildman–Crippen LogP) is 3.34. The van der Waals surface area contributed by atoms with Gasteiger partial charge in [0.1, 0.15) is 11.2 Å². The minimum Gasteiger partial charge on any atom is -0.321 e. The molecule has 0 bridgehead atoms. The first kappa shape index (κ1) is 16.2. The van der Waals surface area contributed by atoms with E-state index in [-0.39, 0.29) is 5.91 Å². The van der Waals surface area contributed by atoms with Crippen LogP contribution < -0.4 is 5.32 Å². The summed E-state index contributed by atoms with van der Waals surface area (Å²) in [5.41, 5.74) is 1.60. The lowest BCUT2D eigenvalue weighted by atomic mass is 9.82. The molecule has 2 heterocycles. The number of carbonyl (C=O) groups excluding carboxylic acids is 1. The second-order valence-corrected chi connectivity index (χ2v) is 7.71. The molecule has 0 saturated heterocycles. The van der Waals surface area contributed by atoms with Gasteiger partial charge in [0.15, 0.2) is 5.16 Å². The minimum absolute atomic E-state index is 0.134. The summed E-state index contributed by atoms with van der Waals surface area (Å²) in [5, 5.41) is 15.8. The van der Waals surface area contributed by atoms with Crippen LogP contribution in [0.3, 0.4) is 0 Å². The van der Waals surface area contributed by atoms with Gasteiger partial charge in [-0.3, -0.25) is 4.79 Å². The summed E-state index contributed by atoms with van der Waals surface area (Å²) in [4.78, 5) is 14.2. The van der Waals surface area contributed by atoms with Crippen molar-refractivity contribution in [3.8, 4) is 0 Å².